The first kappa shape index (κ1) is 12.9. The molecule has 6 heteroatoms. The molecule has 0 spiro atoms. The fraction of sp³-hybridized carbons (Fsp3) is 0.700. The van der Waals surface area contributed by atoms with E-state index >= 15 is 0 Å². The molecule has 1 saturated heterocycles. The van der Waals surface area contributed by atoms with Crippen molar-refractivity contribution in [2.24, 2.45) is 0 Å². The Morgan fingerprint density at radius 2 is 2.06 bits per heavy atom. The minimum Gasteiger partial charge on any atom is -0.501 e. The van der Waals surface area contributed by atoms with Crippen LogP contribution in [0.1, 0.15) is 6.42 Å². The lowest BCUT2D eigenvalue weighted by molar-refractivity contribution is -0.162. The summed E-state index contributed by atoms with van der Waals surface area (Å²) in [6.07, 6.45) is -0.778. The smallest absolute Gasteiger partial charge is 0.331 e. The largest absolute Gasteiger partial charge is 0.501 e. The Labute approximate surface area is 92.8 Å². The SMILES string of the molecule is C=C(CC(F)(F)C(=O)N1CCOCC1)OC. The Hall–Kier alpha value is -1.17. The molecule has 0 bridgehead atoms. The van der Waals surface area contributed by atoms with Crippen LogP contribution in [-0.4, -0.2) is 50.1 Å². The van der Waals surface area contributed by atoms with Crippen molar-refractivity contribution in [2.45, 2.75) is 12.3 Å². The van der Waals surface area contributed by atoms with Gasteiger partial charge in [-0.25, -0.2) is 0 Å². The number of nitrogens with zero attached hydrogens (tertiary/aromatic N) is 1. The van der Waals surface area contributed by atoms with Gasteiger partial charge in [-0.2, -0.15) is 8.78 Å². The number of allylic oxidation sites excluding steroid dienone is 1. The van der Waals surface area contributed by atoms with Gasteiger partial charge in [0.25, 0.3) is 5.91 Å². The Morgan fingerprint density at radius 1 is 1.50 bits per heavy atom. The highest BCUT2D eigenvalue weighted by atomic mass is 19.3. The summed E-state index contributed by atoms with van der Waals surface area (Å²) in [4.78, 5) is 12.6. The predicted octanol–water partition coefficient (Wildman–Crippen LogP) is 1.03. The quantitative estimate of drug-likeness (QED) is 0.683. The van der Waals surface area contributed by atoms with E-state index in [1.807, 2.05) is 0 Å². The number of rotatable bonds is 4. The van der Waals surface area contributed by atoms with Crippen LogP contribution in [0.15, 0.2) is 12.3 Å². The Kier molecular flexibility index (Phi) is 4.23. The molecule has 1 aliphatic rings. The maximum atomic E-state index is 13.5. The highest BCUT2D eigenvalue weighted by molar-refractivity contribution is 5.83. The number of hydrogen-bond acceptors (Lipinski definition) is 3. The van der Waals surface area contributed by atoms with Crippen molar-refractivity contribution in [1.29, 1.82) is 0 Å². The molecule has 0 aromatic heterocycles. The van der Waals surface area contributed by atoms with Crippen LogP contribution in [0.3, 0.4) is 0 Å². The van der Waals surface area contributed by atoms with Gasteiger partial charge in [-0.15, -0.1) is 0 Å². The molecule has 1 amide bonds. The van der Waals surface area contributed by atoms with Crippen LogP contribution >= 0.6 is 0 Å². The molecule has 4 nitrogen and oxygen atoms in total. The van der Waals surface area contributed by atoms with Crippen molar-refractivity contribution in [2.75, 3.05) is 33.4 Å². The van der Waals surface area contributed by atoms with Gasteiger partial charge in [0.1, 0.15) is 0 Å². The van der Waals surface area contributed by atoms with Crippen molar-refractivity contribution >= 4 is 5.91 Å². The number of alkyl halides is 2. The van der Waals surface area contributed by atoms with Crippen molar-refractivity contribution in [1.82, 2.24) is 4.90 Å². The van der Waals surface area contributed by atoms with Crippen LogP contribution in [0.2, 0.25) is 0 Å². The highest BCUT2D eigenvalue weighted by Crippen LogP contribution is 2.25. The highest BCUT2D eigenvalue weighted by Gasteiger charge is 2.43. The average molecular weight is 235 g/mol. The number of carbonyl (C=O) groups is 1. The van der Waals surface area contributed by atoms with Crippen LogP contribution in [0.5, 0.6) is 0 Å². The molecule has 1 aliphatic heterocycles. The number of morpholine rings is 1. The lowest BCUT2D eigenvalue weighted by atomic mass is 10.2. The lowest BCUT2D eigenvalue weighted by Gasteiger charge is -2.30. The predicted molar refractivity (Wildman–Crippen MR) is 53.1 cm³/mol. The second kappa shape index (κ2) is 5.25. The molecule has 0 aromatic rings. The summed E-state index contributed by atoms with van der Waals surface area (Å²) >= 11 is 0. The van der Waals surface area contributed by atoms with Gasteiger partial charge < -0.3 is 14.4 Å². The first-order valence-corrected chi connectivity index (χ1v) is 4.94. The van der Waals surface area contributed by atoms with E-state index < -0.39 is 18.3 Å². The van der Waals surface area contributed by atoms with Crippen molar-refractivity contribution < 1.29 is 23.0 Å². The number of amides is 1. The van der Waals surface area contributed by atoms with Gasteiger partial charge >= 0.3 is 5.92 Å². The number of carbonyl (C=O) groups excluding carboxylic acids is 1. The lowest BCUT2D eigenvalue weighted by Crippen LogP contribution is -2.48. The van der Waals surface area contributed by atoms with Crippen molar-refractivity contribution in [3.63, 3.8) is 0 Å². The molecule has 0 aliphatic carbocycles. The van der Waals surface area contributed by atoms with Gasteiger partial charge in [0.2, 0.25) is 0 Å². The van der Waals surface area contributed by atoms with Crippen molar-refractivity contribution in [3.8, 4) is 0 Å². The van der Waals surface area contributed by atoms with E-state index in [1.165, 1.54) is 7.11 Å². The molecule has 0 unspecified atom stereocenters. The fourth-order valence-electron chi connectivity index (χ4n) is 1.39. The fourth-order valence-corrected chi connectivity index (χ4v) is 1.39. The van der Waals surface area contributed by atoms with Crippen LogP contribution in [-0.2, 0) is 14.3 Å². The standard InChI is InChI=1S/C10H15F2NO3/c1-8(15-2)7-10(11,12)9(14)13-3-5-16-6-4-13/h1,3-7H2,2H3. The van der Waals surface area contributed by atoms with Gasteiger partial charge in [-0.1, -0.05) is 6.58 Å². The number of ether oxygens (including phenoxy) is 2. The molecule has 0 atom stereocenters. The molecule has 0 saturated carbocycles. The zero-order valence-electron chi connectivity index (χ0n) is 9.17. The second-order valence-electron chi connectivity index (χ2n) is 3.53. The number of hydrogen-bond donors (Lipinski definition) is 0. The molecule has 16 heavy (non-hydrogen) atoms. The third-order valence-electron chi connectivity index (χ3n) is 2.32. The molecule has 0 radical (unpaired) electrons. The third-order valence-corrected chi connectivity index (χ3v) is 2.32. The average Bonchev–Trinajstić information content (AvgIpc) is 2.28. The van der Waals surface area contributed by atoms with Crippen LogP contribution in [0, 0.1) is 0 Å². The summed E-state index contributed by atoms with van der Waals surface area (Å²) in [5.74, 6) is -4.75. The van der Waals surface area contributed by atoms with E-state index in [0.29, 0.717) is 13.2 Å². The minimum absolute atomic E-state index is 0.105. The Bertz CT molecular complexity index is 275. The number of halogens is 2. The molecular formula is C10H15F2NO3. The summed E-state index contributed by atoms with van der Waals surface area (Å²) < 4.78 is 36.5. The molecule has 92 valence electrons. The summed E-state index contributed by atoms with van der Waals surface area (Å²) in [5.41, 5.74) is 0. The van der Waals surface area contributed by atoms with Gasteiger partial charge in [-0.3, -0.25) is 4.79 Å². The van der Waals surface area contributed by atoms with Crippen molar-refractivity contribution in [3.05, 3.63) is 12.3 Å². The van der Waals surface area contributed by atoms with E-state index in [9.17, 15) is 13.6 Å². The van der Waals surface area contributed by atoms with Crippen LogP contribution in [0.25, 0.3) is 0 Å². The van der Waals surface area contributed by atoms with Gasteiger partial charge in [0, 0.05) is 13.1 Å². The van der Waals surface area contributed by atoms with Crippen LogP contribution in [0.4, 0.5) is 8.78 Å². The second-order valence-corrected chi connectivity index (χ2v) is 3.53. The Morgan fingerprint density at radius 3 is 2.56 bits per heavy atom. The molecule has 1 heterocycles. The minimum atomic E-state index is -3.45. The topological polar surface area (TPSA) is 38.8 Å². The van der Waals surface area contributed by atoms with E-state index in [2.05, 4.69) is 11.3 Å². The maximum absolute atomic E-state index is 13.5. The molecule has 1 fully saturated rings. The summed E-state index contributed by atoms with van der Waals surface area (Å²) in [7, 11) is 1.25. The molecule has 1 rings (SSSR count). The first-order chi connectivity index (χ1) is 7.47. The number of methoxy groups -OCH3 is 1. The van der Waals surface area contributed by atoms with E-state index in [1.54, 1.807) is 0 Å². The third kappa shape index (κ3) is 3.16. The molecular weight excluding hydrogens is 220 g/mol. The van der Waals surface area contributed by atoms with Crippen LogP contribution < -0.4 is 0 Å². The zero-order chi connectivity index (χ0) is 12.2. The summed E-state index contributed by atoms with van der Waals surface area (Å²) in [6.45, 7) is 4.29. The van der Waals surface area contributed by atoms with Gasteiger partial charge in [0.15, 0.2) is 0 Å². The van der Waals surface area contributed by atoms with Gasteiger partial charge in [-0.05, 0) is 0 Å². The van der Waals surface area contributed by atoms with E-state index in [0.717, 1.165) is 4.90 Å². The van der Waals surface area contributed by atoms with E-state index in [4.69, 9.17) is 4.74 Å². The van der Waals surface area contributed by atoms with E-state index in [-0.39, 0.29) is 18.8 Å². The molecule has 0 N–H and O–H groups in total. The van der Waals surface area contributed by atoms with Gasteiger partial charge in [0.05, 0.1) is 32.5 Å². The summed E-state index contributed by atoms with van der Waals surface area (Å²) in [6, 6.07) is 0. The zero-order valence-corrected chi connectivity index (χ0v) is 9.17. The first-order valence-electron chi connectivity index (χ1n) is 4.94. The Balaban J connectivity index is 2.59. The maximum Gasteiger partial charge on any atom is 0.331 e. The normalized spacial score (nSPS) is 17.1. The monoisotopic (exact) mass is 235 g/mol. The summed E-state index contributed by atoms with van der Waals surface area (Å²) in [5, 5.41) is 0. The molecule has 0 aromatic carbocycles.